The van der Waals surface area contributed by atoms with Gasteiger partial charge >= 0.3 is 6.09 Å². The zero-order valence-electron chi connectivity index (χ0n) is 8.77. The number of hydrogen-bond acceptors (Lipinski definition) is 5. The lowest BCUT2D eigenvalue weighted by Gasteiger charge is -2.06. The fourth-order valence-corrected chi connectivity index (χ4v) is 1.28. The van der Waals surface area contributed by atoms with Crippen LogP contribution in [0.2, 0.25) is 5.15 Å². The van der Waals surface area contributed by atoms with E-state index in [1.807, 2.05) is 0 Å². The first-order valence-corrected chi connectivity index (χ1v) is 5.00. The highest BCUT2D eigenvalue weighted by Crippen LogP contribution is 2.11. The number of anilines is 1. The molecule has 0 atom stereocenters. The Morgan fingerprint density at radius 3 is 2.76 bits per heavy atom. The maximum Gasteiger partial charge on any atom is 0.404 e. The van der Waals surface area contributed by atoms with Crippen LogP contribution in [0.4, 0.5) is 10.6 Å². The van der Waals surface area contributed by atoms with E-state index >= 15 is 0 Å². The third kappa shape index (κ3) is 4.56. The molecule has 0 bridgehead atoms. The molecule has 0 aliphatic rings. The van der Waals surface area contributed by atoms with E-state index in [1.165, 1.54) is 12.1 Å². The number of hydrogen-bond donors (Lipinski definition) is 3. The quantitative estimate of drug-likeness (QED) is 0.524. The van der Waals surface area contributed by atoms with E-state index in [2.05, 4.69) is 15.0 Å². The second-order valence-corrected chi connectivity index (χ2v) is 3.41. The molecule has 0 fully saturated rings. The first-order valence-electron chi connectivity index (χ1n) is 4.62. The van der Waals surface area contributed by atoms with Crippen molar-refractivity contribution in [2.75, 3.05) is 18.9 Å². The van der Waals surface area contributed by atoms with Crippen molar-refractivity contribution in [3.63, 3.8) is 0 Å². The van der Waals surface area contributed by atoms with Gasteiger partial charge in [-0.1, -0.05) is 11.6 Å². The molecule has 17 heavy (non-hydrogen) atoms. The van der Waals surface area contributed by atoms with Crippen LogP contribution in [0.5, 0.6) is 0 Å². The lowest BCUT2D eigenvalue weighted by atomic mass is 10.2. The van der Waals surface area contributed by atoms with Crippen molar-refractivity contribution < 1.29 is 14.3 Å². The average Bonchev–Trinajstić information content (AvgIpc) is 2.22. The summed E-state index contributed by atoms with van der Waals surface area (Å²) in [6.45, 7) is 0.136. The number of aromatic nitrogens is 1. The van der Waals surface area contributed by atoms with Crippen molar-refractivity contribution in [3.8, 4) is 0 Å². The monoisotopic (exact) mass is 258 g/mol. The molecule has 0 saturated heterocycles. The first kappa shape index (κ1) is 13.0. The summed E-state index contributed by atoms with van der Waals surface area (Å²) >= 11 is 5.64. The molecule has 7 nitrogen and oxygen atoms in total. The Bertz CT molecular complexity index is 418. The van der Waals surface area contributed by atoms with Crippen LogP contribution in [0, 0.1) is 0 Å². The number of carbonyl (C=O) groups excluding carboxylic acids is 2. The smallest absolute Gasteiger partial charge is 0.404 e. The molecule has 0 saturated carbocycles. The van der Waals surface area contributed by atoms with Crippen molar-refractivity contribution in [2.24, 2.45) is 5.73 Å². The number of nitrogen functional groups attached to an aromatic ring is 1. The van der Waals surface area contributed by atoms with Gasteiger partial charge in [0.25, 0.3) is 5.91 Å². The highest BCUT2D eigenvalue weighted by Gasteiger charge is 2.07. The number of rotatable bonds is 4. The van der Waals surface area contributed by atoms with Gasteiger partial charge in [0, 0.05) is 5.56 Å². The van der Waals surface area contributed by atoms with Crippen LogP contribution in [0.15, 0.2) is 12.1 Å². The average molecular weight is 259 g/mol. The zero-order chi connectivity index (χ0) is 12.8. The molecule has 0 radical (unpaired) electrons. The standard InChI is InChI=1S/C9H11ClN4O3/c10-6-3-5(4-7(11)14-6)8(15)13-1-2-17-9(12)16/h3-4H,1-2H2,(H2,11,14)(H2,12,16)(H,13,15). The molecule has 5 N–H and O–H groups in total. The molecule has 2 amide bonds. The predicted octanol–water partition coefficient (Wildman–Crippen LogP) is 0.142. The SMILES string of the molecule is NC(=O)OCCNC(=O)c1cc(N)nc(Cl)c1. The minimum Gasteiger partial charge on any atom is -0.448 e. The van der Waals surface area contributed by atoms with Gasteiger partial charge in [0.2, 0.25) is 0 Å². The number of nitrogens with zero attached hydrogens (tertiary/aromatic N) is 1. The third-order valence-corrected chi connectivity index (χ3v) is 1.90. The second-order valence-electron chi connectivity index (χ2n) is 3.03. The summed E-state index contributed by atoms with van der Waals surface area (Å²) in [7, 11) is 0. The Morgan fingerprint density at radius 1 is 1.47 bits per heavy atom. The summed E-state index contributed by atoms with van der Waals surface area (Å²) in [5.41, 5.74) is 10.5. The molecular formula is C9H11ClN4O3. The Hall–Kier alpha value is -2.02. The summed E-state index contributed by atoms with van der Waals surface area (Å²) < 4.78 is 4.44. The lowest BCUT2D eigenvalue weighted by molar-refractivity contribution is 0.0937. The van der Waals surface area contributed by atoms with E-state index in [4.69, 9.17) is 23.1 Å². The van der Waals surface area contributed by atoms with Crippen molar-refractivity contribution in [3.05, 3.63) is 22.8 Å². The van der Waals surface area contributed by atoms with Crippen molar-refractivity contribution in [2.45, 2.75) is 0 Å². The molecule has 0 unspecified atom stereocenters. The normalized spacial score (nSPS) is 9.71. The number of nitrogens with one attached hydrogen (secondary N) is 1. The van der Waals surface area contributed by atoms with E-state index in [-0.39, 0.29) is 29.7 Å². The van der Waals surface area contributed by atoms with E-state index in [0.717, 1.165) is 0 Å². The second kappa shape index (κ2) is 5.90. The van der Waals surface area contributed by atoms with Crippen LogP contribution in [0.3, 0.4) is 0 Å². The number of nitrogens with two attached hydrogens (primary N) is 2. The third-order valence-electron chi connectivity index (χ3n) is 1.71. The molecule has 1 aromatic rings. The molecule has 0 spiro atoms. The number of amides is 2. The van der Waals surface area contributed by atoms with Crippen LogP contribution in [-0.4, -0.2) is 30.1 Å². The number of primary amides is 1. The minimum absolute atomic E-state index is 0.00459. The fourth-order valence-electron chi connectivity index (χ4n) is 1.07. The van der Waals surface area contributed by atoms with Crippen LogP contribution >= 0.6 is 11.6 Å². The predicted molar refractivity (Wildman–Crippen MR) is 61.5 cm³/mol. The van der Waals surface area contributed by atoms with Crippen molar-refractivity contribution in [1.29, 1.82) is 0 Å². The largest absolute Gasteiger partial charge is 0.448 e. The van der Waals surface area contributed by atoms with E-state index in [9.17, 15) is 9.59 Å². The van der Waals surface area contributed by atoms with Gasteiger partial charge in [-0.3, -0.25) is 4.79 Å². The summed E-state index contributed by atoms with van der Waals surface area (Å²) in [5, 5.41) is 2.62. The summed E-state index contributed by atoms with van der Waals surface area (Å²) in [5.74, 6) is -0.245. The van der Waals surface area contributed by atoms with Crippen LogP contribution in [0.25, 0.3) is 0 Å². The van der Waals surface area contributed by atoms with E-state index in [1.54, 1.807) is 0 Å². The molecule has 8 heteroatoms. The molecule has 0 aliphatic carbocycles. The molecule has 1 heterocycles. The summed E-state index contributed by atoms with van der Waals surface area (Å²) in [6, 6.07) is 2.76. The van der Waals surface area contributed by atoms with Crippen LogP contribution in [-0.2, 0) is 4.74 Å². The number of ether oxygens (including phenoxy) is 1. The minimum atomic E-state index is -0.893. The van der Waals surface area contributed by atoms with Gasteiger partial charge in [-0.15, -0.1) is 0 Å². The maximum absolute atomic E-state index is 11.6. The Labute approximate surface area is 102 Å². The highest BCUT2D eigenvalue weighted by molar-refractivity contribution is 6.29. The van der Waals surface area contributed by atoms with Crippen LogP contribution < -0.4 is 16.8 Å². The molecule has 0 aromatic carbocycles. The molecule has 1 aromatic heterocycles. The Kier molecular flexibility index (Phi) is 4.53. The Balaban J connectivity index is 2.49. The van der Waals surface area contributed by atoms with Crippen molar-refractivity contribution in [1.82, 2.24) is 10.3 Å². The number of carbonyl (C=O) groups is 2. The lowest BCUT2D eigenvalue weighted by Crippen LogP contribution is -2.29. The van der Waals surface area contributed by atoms with Gasteiger partial charge < -0.3 is 21.5 Å². The fraction of sp³-hybridized carbons (Fsp3) is 0.222. The van der Waals surface area contributed by atoms with Gasteiger partial charge in [-0.25, -0.2) is 9.78 Å². The topological polar surface area (TPSA) is 120 Å². The highest BCUT2D eigenvalue weighted by atomic mass is 35.5. The molecule has 92 valence electrons. The van der Waals surface area contributed by atoms with E-state index in [0.29, 0.717) is 0 Å². The van der Waals surface area contributed by atoms with Gasteiger partial charge in [-0.2, -0.15) is 0 Å². The van der Waals surface area contributed by atoms with Crippen LogP contribution in [0.1, 0.15) is 10.4 Å². The molecule has 0 aliphatic heterocycles. The van der Waals surface area contributed by atoms with Gasteiger partial charge in [0.05, 0.1) is 6.54 Å². The zero-order valence-corrected chi connectivity index (χ0v) is 9.53. The summed E-state index contributed by atoms with van der Waals surface area (Å²) in [4.78, 5) is 25.5. The van der Waals surface area contributed by atoms with E-state index < -0.39 is 12.0 Å². The van der Waals surface area contributed by atoms with Gasteiger partial charge in [0.1, 0.15) is 17.6 Å². The number of pyridine rings is 1. The number of halogens is 1. The first-order chi connectivity index (χ1) is 7.99. The van der Waals surface area contributed by atoms with Gasteiger partial charge in [0.15, 0.2) is 0 Å². The van der Waals surface area contributed by atoms with Crippen molar-refractivity contribution >= 4 is 29.4 Å². The molecular weight excluding hydrogens is 248 g/mol. The molecule has 1 rings (SSSR count). The van der Waals surface area contributed by atoms with Gasteiger partial charge in [-0.05, 0) is 12.1 Å². The Morgan fingerprint density at radius 2 is 2.18 bits per heavy atom. The maximum atomic E-state index is 11.6. The summed E-state index contributed by atoms with van der Waals surface area (Å²) in [6.07, 6.45) is -0.893.